The van der Waals surface area contributed by atoms with Crippen molar-refractivity contribution in [1.29, 1.82) is 0 Å². The van der Waals surface area contributed by atoms with E-state index in [4.69, 9.17) is 4.74 Å². The summed E-state index contributed by atoms with van der Waals surface area (Å²) >= 11 is 0. The van der Waals surface area contributed by atoms with Crippen molar-refractivity contribution in [1.82, 2.24) is 0 Å². The first-order valence-electron chi connectivity index (χ1n) is 6.13. The van der Waals surface area contributed by atoms with Gasteiger partial charge in [-0.3, -0.25) is 9.59 Å². The van der Waals surface area contributed by atoms with E-state index in [1.807, 2.05) is 13.8 Å². The summed E-state index contributed by atoms with van der Waals surface area (Å²) in [6.45, 7) is 8.20. The lowest BCUT2D eigenvalue weighted by Gasteiger charge is -2.43. The maximum atomic E-state index is 12.1. The Bertz CT molecular complexity index is 275. The van der Waals surface area contributed by atoms with Gasteiger partial charge < -0.3 is 4.74 Å². The van der Waals surface area contributed by atoms with Gasteiger partial charge in [-0.05, 0) is 31.6 Å². The Labute approximate surface area is 97.5 Å². The van der Waals surface area contributed by atoms with Crippen LogP contribution in [-0.4, -0.2) is 18.4 Å². The van der Waals surface area contributed by atoms with E-state index in [0.29, 0.717) is 37.7 Å². The third-order valence-electron chi connectivity index (χ3n) is 3.19. The van der Waals surface area contributed by atoms with Gasteiger partial charge in [0, 0.05) is 6.42 Å². The smallest absolute Gasteiger partial charge is 0.319 e. The average molecular weight is 226 g/mol. The van der Waals surface area contributed by atoms with Crippen molar-refractivity contribution in [3.05, 3.63) is 0 Å². The minimum Gasteiger partial charge on any atom is -0.465 e. The van der Waals surface area contributed by atoms with Gasteiger partial charge in [-0.2, -0.15) is 0 Å². The van der Waals surface area contributed by atoms with E-state index in [1.165, 1.54) is 0 Å². The summed E-state index contributed by atoms with van der Waals surface area (Å²) in [5.41, 5.74) is -0.806. The molecule has 0 aliphatic heterocycles. The molecular formula is C13H22O3. The SMILES string of the molecule is CCOC(=O)C1(C(=O)CC(C)C)CC(C)C1. The molecule has 0 atom stereocenters. The molecule has 92 valence electrons. The van der Waals surface area contributed by atoms with E-state index < -0.39 is 5.41 Å². The molecule has 0 spiro atoms. The topological polar surface area (TPSA) is 43.4 Å². The number of ketones is 1. The molecule has 0 N–H and O–H groups in total. The van der Waals surface area contributed by atoms with E-state index in [2.05, 4.69) is 6.92 Å². The van der Waals surface area contributed by atoms with Crippen molar-refractivity contribution in [2.24, 2.45) is 17.3 Å². The van der Waals surface area contributed by atoms with E-state index in [1.54, 1.807) is 6.92 Å². The highest BCUT2D eigenvalue weighted by atomic mass is 16.5. The van der Waals surface area contributed by atoms with Crippen LogP contribution in [0.3, 0.4) is 0 Å². The Morgan fingerprint density at radius 3 is 2.31 bits per heavy atom. The van der Waals surface area contributed by atoms with Crippen LogP contribution in [0.4, 0.5) is 0 Å². The highest BCUT2D eigenvalue weighted by molar-refractivity contribution is 6.04. The van der Waals surface area contributed by atoms with Crippen molar-refractivity contribution in [3.8, 4) is 0 Å². The van der Waals surface area contributed by atoms with Gasteiger partial charge >= 0.3 is 5.97 Å². The van der Waals surface area contributed by atoms with Crippen LogP contribution >= 0.6 is 0 Å². The fourth-order valence-electron chi connectivity index (χ4n) is 2.47. The van der Waals surface area contributed by atoms with Crippen LogP contribution in [0.25, 0.3) is 0 Å². The zero-order valence-corrected chi connectivity index (χ0v) is 10.7. The van der Waals surface area contributed by atoms with Gasteiger partial charge in [-0.1, -0.05) is 20.8 Å². The second kappa shape index (κ2) is 4.98. The molecule has 0 heterocycles. The molecule has 0 aromatic rings. The van der Waals surface area contributed by atoms with Crippen molar-refractivity contribution < 1.29 is 14.3 Å². The number of Topliss-reactive ketones (excluding diaryl/α,β-unsaturated/α-hetero) is 1. The van der Waals surface area contributed by atoms with Gasteiger partial charge in [-0.15, -0.1) is 0 Å². The Hall–Kier alpha value is -0.860. The lowest BCUT2D eigenvalue weighted by molar-refractivity contribution is -0.170. The van der Waals surface area contributed by atoms with Crippen molar-refractivity contribution in [2.45, 2.75) is 47.0 Å². The van der Waals surface area contributed by atoms with Crippen LogP contribution in [0.5, 0.6) is 0 Å². The summed E-state index contributed by atoms with van der Waals surface area (Å²) in [5.74, 6) is 0.521. The standard InChI is InChI=1S/C13H22O3/c1-5-16-12(15)13(7-10(4)8-13)11(14)6-9(2)3/h9-10H,5-8H2,1-4H3. The van der Waals surface area contributed by atoms with Crippen LogP contribution < -0.4 is 0 Å². The maximum absolute atomic E-state index is 12.1. The first kappa shape index (κ1) is 13.2. The van der Waals surface area contributed by atoms with Gasteiger partial charge in [0.1, 0.15) is 11.2 Å². The summed E-state index contributed by atoms with van der Waals surface area (Å²) in [4.78, 5) is 24.0. The zero-order valence-electron chi connectivity index (χ0n) is 10.7. The van der Waals surface area contributed by atoms with Gasteiger partial charge in [0.2, 0.25) is 0 Å². The van der Waals surface area contributed by atoms with E-state index in [-0.39, 0.29) is 11.8 Å². The molecule has 0 unspecified atom stereocenters. The Balaban J connectivity index is 2.74. The largest absolute Gasteiger partial charge is 0.465 e. The number of rotatable bonds is 5. The number of ether oxygens (including phenoxy) is 1. The van der Waals surface area contributed by atoms with E-state index in [9.17, 15) is 9.59 Å². The number of carbonyl (C=O) groups is 2. The van der Waals surface area contributed by atoms with Gasteiger partial charge in [0.05, 0.1) is 6.61 Å². The fraction of sp³-hybridized carbons (Fsp3) is 0.846. The van der Waals surface area contributed by atoms with E-state index in [0.717, 1.165) is 0 Å². The quantitative estimate of drug-likeness (QED) is 0.534. The molecular weight excluding hydrogens is 204 g/mol. The monoisotopic (exact) mass is 226 g/mol. The van der Waals surface area contributed by atoms with Crippen LogP contribution in [0.2, 0.25) is 0 Å². The molecule has 0 saturated heterocycles. The molecule has 3 heteroatoms. The lowest BCUT2D eigenvalue weighted by atomic mass is 9.59. The van der Waals surface area contributed by atoms with Crippen molar-refractivity contribution >= 4 is 11.8 Å². The van der Waals surface area contributed by atoms with Gasteiger partial charge in [0.25, 0.3) is 0 Å². The molecule has 1 saturated carbocycles. The van der Waals surface area contributed by atoms with Crippen molar-refractivity contribution in [2.75, 3.05) is 6.61 Å². The zero-order chi connectivity index (χ0) is 12.3. The molecule has 3 nitrogen and oxygen atoms in total. The Kier molecular flexibility index (Phi) is 4.11. The summed E-state index contributed by atoms with van der Waals surface area (Å²) in [6, 6.07) is 0. The summed E-state index contributed by atoms with van der Waals surface area (Å²) in [6.07, 6.45) is 1.81. The number of hydrogen-bond donors (Lipinski definition) is 0. The lowest BCUT2D eigenvalue weighted by Crippen LogP contribution is -2.50. The Morgan fingerprint density at radius 2 is 1.94 bits per heavy atom. The number of carbonyl (C=O) groups excluding carboxylic acids is 2. The Morgan fingerprint density at radius 1 is 1.38 bits per heavy atom. The van der Waals surface area contributed by atoms with Crippen LogP contribution in [0.1, 0.15) is 47.0 Å². The third-order valence-corrected chi connectivity index (χ3v) is 3.19. The predicted octanol–water partition coefficient (Wildman–Crippen LogP) is 2.58. The van der Waals surface area contributed by atoms with Crippen LogP contribution in [0.15, 0.2) is 0 Å². The minimum absolute atomic E-state index is 0.0686. The molecule has 1 aliphatic carbocycles. The molecule has 0 radical (unpaired) electrons. The number of hydrogen-bond acceptors (Lipinski definition) is 3. The van der Waals surface area contributed by atoms with E-state index >= 15 is 0 Å². The molecule has 16 heavy (non-hydrogen) atoms. The predicted molar refractivity (Wildman–Crippen MR) is 61.9 cm³/mol. The minimum atomic E-state index is -0.806. The summed E-state index contributed by atoms with van der Waals surface area (Å²) < 4.78 is 5.04. The summed E-state index contributed by atoms with van der Waals surface area (Å²) in [5, 5.41) is 0. The van der Waals surface area contributed by atoms with Crippen LogP contribution in [-0.2, 0) is 14.3 Å². The molecule has 0 amide bonds. The molecule has 0 bridgehead atoms. The van der Waals surface area contributed by atoms with Gasteiger partial charge in [0.15, 0.2) is 0 Å². The normalized spacial score (nSPS) is 28.7. The van der Waals surface area contributed by atoms with Crippen LogP contribution in [0, 0.1) is 17.3 Å². The third kappa shape index (κ3) is 2.45. The molecule has 1 fully saturated rings. The first-order valence-corrected chi connectivity index (χ1v) is 6.13. The molecule has 1 rings (SSSR count). The summed E-state index contributed by atoms with van der Waals surface area (Å²) in [7, 11) is 0. The second-order valence-corrected chi connectivity index (χ2v) is 5.34. The van der Waals surface area contributed by atoms with Gasteiger partial charge in [-0.25, -0.2) is 0 Å². The first-order chi connectivity index (χ1) is 7.42. The molecule has 0 aromatic carbocycles. The maximum Gasteiger partial charge on any atom is 0.319 e. The number of esters is 1. The fourth-order valence-corrected chi connectivity index (χ4v) is 2.47. The molecule has 1 aliphatic rings. The van der Waals surface area contributed by atoms with Crippen molar-refractivity contribution in [3.63, 3.8) is 0 Å². The molecule has 0 aromatic heterocycles. The average Bonchev–Trinajstić information content (AvgIpc) is 2.11. The highest BCUT2D eigenvalue weighted by Gasteiger charge is 2.54. The highest BCUT2D eigenvalue weighted by Crippen LogP contribution is 2.48. The second-order valence-electron chi connectivity index (χ2n) is 5.34.